The van der Waals surface area contributed by atoms with Crippen LogP contribution in [0.25, 0.3) is 16.8 Å². The molecule has 0 spiro atoms. The third-order valence-electron chi connectivity index (χ3n) is 4.16. The Morgan fingerprint density at radius 2 is 1.82 bits per heavy atom. The number of amides is 1. The standard InChI is InChI=1S/C23H18N2O2S/c1-2-13-27-20-11-7-16(8-12-20)14-21-22(26)25-23(28-21)24-19-10-9-17-5-3-4-6-18(17)15-19/h2-12,14-15H,1,13H2,(H,24,25,26). The van der Waals surface area contributed by atoms with Crippen molar-refractivity contribution in [2.45, 2.75) is 0 Å². The molecule has 0 aromatic heterocycles. The van der Waals surface area contributed by atoms with Gasteiger partial charge in [-0.2, -0.15) is 0 Å². The van der Waals surface area contributed by atoms with Gasteiger partial charge in [-0.3, -0.25) is 4.79 Å². The fourth-order valence-electron chi connectivity index (χ4n) is 2.81. The number of carbonyl (C=O) groups excluding carboxylic acids is 1. The lowest BCUT2D eigenvalue weighted by Crippen LogP contribution is -2.19. The van der Waals surface area contributed by atoms with Gasteiger partial charge in [0.05, 0.1) is 10.6 Å². The summed E-state index contributed by atoms with van der Waals surface area (Å²) in [4.78, 5) is 17.5. The van der Waals surface area contributed by atoms with Gasteiger partial charge in [0.1, 0.15) is 12.4 Å². The number of fused-ring (bicyclic) bond motifs is 1. The Kier molecular flexibility index (Phi) is 5.26. The van der Waals surface area contributed by atoms with E-state index in [4.69, 9.17) is 4.74 Å². The van der Waals surface area contributed by atoms with Crippen LogP contribution in [-0.4, -0.2) is 17.7 Å². The topological polar surface area (TPSA) is 50.7 Å². The summed E-state index contributed by atoms with van der Waals surface area (Å²) in [7, 11) is 0. The number of ether oxygens (including phenoxy) is 1. The van der Waals surface area contributed by atoms with Gasteiger partial charge in [-0.15, -0.1) is 0 Å². The van der Waals surface area contributed by atoms with Crippen molar-refractivity contribution in [3.8, 4) is 5.75 Å². The van der Waals surface area contributed by atoms with Crippen LogP contribution < -0.4 is 10.1 Å². The lowest BCUT2D eigenvalue weighted by atomic mass is 10.1. The van der Waals surface area contributed by atoms with E-state index in [1.165, 1.54) is 11.8 Å². The molecule has 0 bridgehead atoms. The van der Waals surface area contributed by atoms with Crippen LogP contribution >= 0.6 is 11.8 Å². The maximum Gasteiger partial charge on any atom is 0.264 e. The summed E-state index contributed by atoms with van der Waals surface area (Å²) in [5.74, 6) is 0.626. The molecule has 1 saturated heterocycles. The summed E-state index contributed by atoms with van der Waals surface area (Å²) >= 11 is 1.34. The fourth-order valence-corrected chi connectivity index (χ4v) is 3.65. The zero-order valence-corrected chi connectivity index (χ0v) is 15.9. The van der Waals surface area contributed by atoms with E-state index in [9.17, 15) is 4.79 Å². The number of hydrogen-bond donors (Lipinski definition) is 1. The van der Waals surface area contributed by atoms with E-state index in [-0.39, 0.29) is 5.91 Å². The number of carbonyl (C=O) groups is 1. The maximum atomic E-state index is 12.3. The molecular weight excluding hydrogens is 368 g/mol. The molecule has 3 aromatic carbocycles. The van der Waals surface area contributed by atoms with Crippen molar-refractivity contribution in [3.05, 3.63) is 89.9 Å². The molecule has 1 fully saturated rings. The second kappa shape index (κ2) is 8.15. The second-order valence-corrected chi connectivity index (χ2v) is 7.21. The lowest BCUT2D eigenvalue weighted by Gasteiger charge is -2.03. The number of thioether (sulfide) groups is 1. The highest BCUT2D eigenvalue weighted by molar-refractivity contribution is 8.18. The number of nitrogens with zero attached hydrogens (tertiary/aromatic N) is 1. The number of nitrogens with one attached hydrogen (secondary N) is 1. The molecule has 3 aromatic rings. The van der Waals surface area contributed by atoms with Gasteiger partial charge in [0.15, 0.2) is 5.17 Å². The van der Waals surface area contributed by atoms with E-state index in [1.54, 1.807) is 6.08 Å². The Morgan fingerprint density at radius 3 is 2.61 bits per heavy atom. The Morgan fingerprint density at radius 1 is 1.04 bits per heavy atom. The van der Waals surface area contributed by atoms with Crippen LogP contribution in [0.1, 0.15) is 5.56 Å². The third-order valence-corrected chi connectivity index (χ3v) is 5.07. The quantitative estimate of drug-likeness (QED) is 0.478. The Labute approximate surface area is 167 Å². The molecule has 0 unspecified atom stereocenters. The summed E-state index contributed by atoms with van der Waals surface area (Å²) in [6.07, 6.45) is 3.55. The molecule has 138 valence electrons. The lowest BCUT2D eigenvalue weighted by molar-refractivity contribution is -0.115. The SMILES string of the molecule is C=CCOc1ccc(C=C2SC(=Nc3ccc4ccccc4c3)NC2=O)cc1. The fraction of sp³-hybridized carbons (Fsp3) is 0.0435. The van der Waals surface area contributed by atoms with Crippen LogP contribution in [0.15, 0.2) is 89.3 Å². The number of benzene rings is 3. The van der Waals surface area contributed by atoms with Crippen molar-refractivity contribution in [1.29, 1.82) is 0 Å². The van der Waals surface area contributed by atoms with Crippen LogP contribution in [-0.2, 0) is 4.79 Å². The first-order valence-corrected chi connectivity index (χ1v) is 9.65. The number of aliphatic imine (C=N–C) groups is 1. The molecule has 5 heteroatoms. The van der Waals surface area contributed by atoms with Gasteiger partial charge in [0, 0.05) is 0 Å². The molecule has 4 nitrogen and oxygen atoms in total. The average Bonchev–Trinajstić information content (AvgIpc) is 3.06. The molecule has 0 saturated carbocycles. The van der Waals surface area contributed by atoms with Crippen molar-refractivity contribution < 1.29 is 9.53 Å². The van der Waals surface area contributed by atoms with E-state index in [0.29, 0.717) is 16.7 Å². The van der Waals surface area contributed by atoms with Crippen molar-refractivity contribution in [2.75, 3.05) is 6.61 Å². The van der Waals surface area contributed by atoms with Crippen LogP contribution in [0, 0.1) is 0 Å². The Balaban J connectivity index is 1.51. The van der Waals surface area contributed by atoms with Crippen molar-refractivity contribution >= 4 is 45.4 Å². The first-order valence-electron chi connectivity index (χ1n) is 8.83. The first kappa shape index (κ1) is 18.1. The van der Waals surface area contributed by atoms with Gasteiger partial charge in [-0.05, 0) is 58.4 Å². The summed E-state index contributed by atoms with van der Waals surface area (Å²) in [6, 6.07) is 21.7. The van der Waals surface area contributed by atoms with Gasteiger partial charge in [-0.1, -0.05) is 55.1 Å². The minimum absolute atomic E-state index is 0.142. The molecule has 1 N–H and O–H groups in total. The predicted molar refractivity (Wildman–Crippen MR) is 117 cm³/mol. The first-order chi connectivity index (χ1) is 13.7. The molecule has 4 rings (SSSR count). The molecule has 1 aliphatic heterocycles. The number of amidine groups is 1. The van der Waals surface area contributed by atoms with Gasteiger partial charge in [0.2, 0.25) is 0 Å². The second-order valence-electron chi connectivity index (χ2n) is 6.18. The maximum absolute atomic E-state index is 12.3. The summed E-state index contributed by atoms with van der Waals surface area (Å²) in [6.45, 7) is 4.09. The van der Waals surface area contributed by atoms with Gasteiger partial charge >= 0.3 is 0 Å². The molecule has 0 atom stereocenters. The monoisotopic (exact) mass is 386 g/mol. The third kappa shape index (κ3) is 4.15. The smallest absolute Gasteiger partial charge is 0.264 e. The van der Waals surface area contributed by atoms with Crippen molar-refractivity contribution in [1.82, 2.24) is 5.32 Å². The van der Waals surface area contributed by atoms with Crippen LogP contribution in [0.5, 0.6) is 5.75 Å². The zero-order valence-electron chi connectivity index (χ0n) is 15.1. The minimum atomic E-state index is -0.142. The van der Waals surface area contributed by atoms with E-state index in [2.05, 4.69) is 23.0 Å². The zero-order chi connectivity index (χ0) is 19.3. The van der Waals surface area contributed by atoms with E-state index in [0.717, 1.165) is 27.8 Å². The molecule has 1 heterocycles. The Hall–Kier alpha value is -3.31. The molecular formula is C23H18N2O2S. The number of hydrogen-bond acceptors (Lipinski definition) is 4. The molecule has 0 radical (unpaired) electrons. The minimum Gasteiger partial charge on any atom is -0.490 e. The predicted octanol–water partition coefficient (Wildman–Crippen LogP) is 5.30. The van der Waals surface area contributed by atoms with Gasteiger partial charge in [-0.25, -0.2) is 4.99 Å². The van der Waals surface area contributed by atoms with Gasteiger partial charge in [0.25, 0.3) is 5.91 Å². The summed E-state index contributed by atoms with van der Waals surface area (Å²) < 4.78 is 5.47. The highest BCUT2D eigenvalue weighted by Gasteiger charge is 2.23. The number of rotatable bonds is 5. The summed E-state index contributed by atoms with van der Waals surface area (Å²) in [5, 5.41) is 5.69. The van der Waals surface area contributed by atoms with E-state index >= 15 is 0 Å². The highest BCUT2D eigenvalue weighted by Crippen LogP contribution is 2.29. The highest BCUT2D eigenvalue weighted by atomic mass is 32.2. The van der Waals surface area contributed by atoms with Gasteiger partial charge < -0.3 is 10.1 Å². The average molecular weight is 386 g/mol. The molecule has 28 heavy (non-hydrogen) atoms. The molecule has 1 aliphatic rings. The Bertz CT molecular complexity index is 1100. The van der Waals surface area contributed by atoms with E-state index < -0.39 is 0 Å². The van der Waals surface area contributed by atoms with E-state index in [1.807, 2.05) is 66.7 Å². The van der Waals surface area contributed by atoms with Crippen LogP contribution in [0.4, 0.5) is 5.69 Å². The van der Waals surface area contributed by atoms with Crippen LogP contribution in [0.2, 0.25) is 0 Å². The normalized spacial score (nSPS) is 16.5. The summed E-state index contributed by atoms with van der Waals surface area (Å²) in [5.41, 5.74) is 1.74. The molecule has 0 aliphatic carbocycles. The van der Waals surface area contributed by atoms with Crippen molar-refractivity contribution in [2.24, 2.45) is 4.99 Å². The van der Waals surface area contributed by atoms with Crippen molar-refractivity contribution in [3.63, 3.8) is 0 Å². The van der Waals surface area contributed by atoms with Crippen LogP contribution in [0.3, 0.4) is 0 Å². The molecule has 1 amide bonds. The largest absolute Gasteiger partial charge is 0.490 e.